The van der Waals surface area contributed by atoms with E-state index in [1.807, 2.05) is 0 Å². The monoisotopic (exact) mass is 298 g/mol. The Labute approximate surface area is 128 Å². The van der Waals surface area contributed by atoms with Crippen molar-refractivity contribution < 1.29 is 14.3 Å². The van der Waals surface area contributed by atoms with E-state index in [4.69, 9.17) is 9.47 Å². The molecule has 0 radical (unpaired) electrons. The maximum absolute atomic E-state index is 12.7. The molecule has 2 saturated heterocycles. The molecule has 2 fully saturated rings. The Kier molecular flexibility index (Phi) is 6.93. The molecule has 0 spiro atoms. The van der Waals surface area contributed by atoms with E-state index in [2.05, 4.69) is 16.7 Å². The Morgan fingerprint density at radius 3 is 2.52 bits per heavy atom. The van der Waals surface area contributed by atoms with Gasteiger partial charge in [-0.05, 0) is 38.8 Å². The number of methoxy groups -OCH3 is 1. The smallest absolute Gasteiger partial charge is 0.239 e. The van der Waals surface area contributed by atoms with Gasteiger partial charge in [-0.2, -0.15) is 0 Å². The highest BCUT2D eigenvalue weighted by molar-refractivity contribution is 5.82. The fraction of sp³-hybridized carbons (Fsp3) is 0.938. The Bertz CT molecular complexity index is 317. The van der Waals surface area contributed by atoms with Gasteiger partial charge >= 0.3 is 0 Å². The van der Waals surface area contributed by atoms with Crippen LogP contribution in [-0.2, 0) is 14.3 Å². The minimum absolute atomic E-state index is 0.120. The summed E-state index contributed by atoms with van der Waals surface area (Å²) in [7, 11) is 1.69. The lowest BCUT2D eigenvalue weighted by molar-refractivity contribution is -0.141. The molecule has 0 aromatic heterocycles. The fourth-order valence-corrected chi connectivity index (χ4v) is 3.40. The fourth-order valence-electron chi connectivity index (χ4n) is 3.40. The molecule has 2 rings (SSSR count). The third-order valence-corrected chi connectivity index (χ3v) is 4.70. The van der Waals surface area contributed by atoms with Crippen molar-refractivity contribution in [3.05, 3.63) is 0 Å². The summed E-state index contributed by atoms with van der Waals surface area (Å²) in [5, 5.41) is 0. The SMILES string of the molecule is CCN1CCCC[C@@H]1C(=O)N1CCC(OCCOC)CC1. The number of rotatable bonds is 6. The summed E-state index contributed by atoms with van der Waals surface area (Å²) >= 11 is 0. The molecule has 21 heavy (non-hydrogen) atoms. The molecule has 2 heterocycles. The van der Waals surface area contributed by atoms with E-state index in [0.29, 0.717) is 19.1 Å². The first-order chi connectivity index (χ1) is 10.3. The van der Waals surface area contributed by atoms with Gasteiger partial charge in [-0.25, -0.2) is 0 Å². The zero-order valence-corrected chi connectivity index (χ0v) is 13.6. The topological polar surface area (TPSA) is 42.0 Å². The van der Waals surface area contributed by atoms with Gasteiger partial charge in [-0.1, -0.05) is 13.3 Å². The second-order valence-electron chi connectivity index (χ2n) is 6.03. The average molecular weight is 298 g/mol. The number of piperidine rings is 2. The van der Waals surface area contributed by atoms with E-state index >= 15 is 0 Å². The van der Waals surface area contributed by atoms with Gasteiger partial charge in [0.25, 0.3) is 0 Å². The van der Waals surface area contributed by atoms with Gasteiger partial charge in [-0.15, -0.1) is 0 Å². The third-order valence-electron chi connectivity index (χ3n) is 4.70. The number of nitrogens with zero attached hydrogens (tertiary/aromatic N) is 2. The highest BCUT2D eigenvalue weighted by Crippen LogP contribution is 2.21. The predicted molar refractivity (Wildman–Crippen MR) is 82.3 cm³/mol. The lowest BCUT2D eigenvalue weighted by Crippen LogP contribution is -2.53. The summed E-state index contributed by atoms with van der Waals surface area (Å²) in [4.78, 5) is 17.1. The minimum Gasteiger partial charge on any atom is -0.382 e. The molecular formula is C16H30N2O3. The van der Waals surface area contributed by atoms with Crippen LogP contribution in [0.5, 0.6) is 0 Å². The maximum Gasteiger partial charge on any atom is 0.239 e. The normalized spacial score (nSPS) is 25.2. The van der Waals surface area contributed by atoms with Crippen LogP contribution in [0.2, 0.25) is 0 Å². The van der Waals surface area contributed by atoms with Crippen LogP contribution in [0.15, 0.2) is 0 Å². The molecule has 122 valence electrons. The van der Waals surface area contributed by atoms with Crippen LogP contribution in [0.4, 0.5) is 0 Å². The van der Waals surface area contributed by atoms with Gasteiger partial charge in [0.15, 0.2) is 0 Å². The largest absolute Gasteiger partial charge is 0.382 e. The number of ether oxygens (including phenoxy) is 2. The second kappa shape index (κ2) is 8.71. The number of likely N-dealkylation sites (N-methyl/N-ethyl adjacent to an activating group) is 1. The zero-order valence-electron chi connectivity index (χ0n) is 13.6. The second-order valence-corrected chi connectivity index (χ2v) is 6.03. The van der Waals surface area contributed by atoms with Crippen molar-refractivity contribution in [3.63, 3.8) is 0 Å². The number of hydrogen-bond donors (Lipinski definition) is 0. The minimum atomic E-state index is 0.120. The van der Waals surface area contributed by atoms with E-state index < -0.39 is 0 Å². The van der Waals surface area contributed by atoms with Gasteiger partial charge < -0.3 is 14.4 Å². The molecule has 0 bridgehead atoms. The summed E-state index contributed by atoms with van der Waals surface area (Å²) in [6.45, 7) is 7.18. The lowest BCUT2D eigenvalue weighted by atomic mass is 9.99. The highest BCUT2D eigenvalue weighted by atomic mass is 16.5. The molecule has 2 aliphatic rings. The highest BCUT2D eigenvalue weighted by Gasteiger charge is 2.32. The molecule has 5 heteroatoms. The number of carbonyl (C=O) groups excluding carboxylic acids is 1. The number of likely N-dealkylation sites (tertiary alicyclic amines) is 2. The van der Waals surface area contributed by atoms with Crippen molar-refractivity contribution in [1.82, 2.24) is 9.80 Å². The zero-order chi connectivity index (χ0) is 15.1. The van der Waals surface area contributed by atoms with Crippen LogP contribution in [-0.4, -0.2) is 74.4 Å². The van der Waals surface area contributed by atoms with Crippen molar-refractivity contribution >= 4 is 5.91 Å². The van der Waals surface area contributed by atoms with E-state index in [0.717, 1.165) is 45.4 Å². The van der Waals surface area contributed by atoms with Gasteiger partial charge in [-0.3, -0.25) is 9.69 Å². The van der Waals surface area contributed by atoms with E-state index in [1.165, 1.54) is 12.8 Å². The van der Waals surface area contributed by atoms with Crippen molar-refractivity contribution in [2.45, 2.75) is 51.2 Å². The molecule has 0 N–H and O–H groups in total. The molecule has 1 amide bonds. The third kappa shape index (κ3) is 4.66. The molecule has 0 unspecified atom stereocenters. The van der Waals surface area contributed by atoms with Gasteiger partial charge in [0.05, 0.1) is 25.4 Å². The summed E-state index contributed by atoms with van der Waals surface area (Å²) < 4.78 is 10.8. The molecular weight excluding hydrogens is 268 g/mol. The summed E-state index contributed by atoms with van der Waals surface area (Å²) in [6.07, 6.45) is 5.63. The molecule has 1 atom stereocenters. The molecule has 0 saturated carbocycles. The predicted octanol–water partition coefficient (Wildman–Crippen LogP) is 1.51. The first kappa shape index (κ1) is 16.7. The van der Waals surface area contributed by atoms with E-state index in [9.17, 15) is 4.79 Å². The van der Waals surface area contributed by atoms with Crippen molar-refractivity contribution in [2.24, 2.45) is 0 Å². The standard InChI is InChI=1S/C16H30N2O3/c1-3-17-9-5-4-6-15(17)16(19)18-10-7-14(8-11-18)21-13-12-20-2/h14-15H,3-13H2,1-2H3/t15-/m1/s1. The Morgan fingerprint density at radius 2 is 1.86 bits per heavy atom. The first-order valence-corrected chi connectivity index (χ1v) is 8.39. The summed E-state index contributed by atoms with van der Waals surface area (Å²) in [5.41, 5.74) is 0. The van der Waals surface area contributed by atoms with Gasteiger partial charge in [0.2, 0.25) is 5.91 Å². The Balaban J connectivity index is 1.77. The van der Waals surface area contributed by atoms with Crippen LogP contribution in [0.1, 0.15) is 39.0 Å². The van der Waals surface area contributed by atoms with Crippen molar-refractivity contribution in [2.75, 3.05) is 46.5 Å². The number of amides is 1. The average Bonchev–Trinajstić information content (AvgIpc) is 2.55. The van der Waals surface area contributed by atoms with E-state index in [-0.39, 0.29) is 12.1 Å². The first-order valence-electron chi connectivity index (χ1n) is 8.39. The maximum atomic E-state index is 12.7. The van der Waals surface area contributed by atoms with Gasteiger partial charge in [0, 0.05) is 20.2 Å². The van der Waals surface area contributed by atoms with Gasteiger partial charge in [0.1, 0.15) is 0 Å². The number of carbonyl (C=O) groups is 1. The van der Waals surface area contributed by atoms with Crippen molar-refractivity contribution in [3.8, 4) is 0 Å². The molecule has 2 aliphatic heterocycles. The van der Waals surface area contributed by atoms with Crippen LogP contribution >= 0.6 is 0 Å². The molecule has 5 nitrogen and oxygen atoms in total. The Morgan fingerprint density at radius 1 is 1.10 bits per heavy atom. The molecule has 0 aromatic rings. The van der Waals surface area contributed by atoms with Crippen LogP contribution in [0, 0.1) is 0 Å². The summed E-state index contributed by atoms with van der Waals surface area (Å²) in [5.74, 6) is 0.340. The number of hydrogen-bond acceptors (Lipinski definition) is 4. The molecule has 0 aliphatic carbocycles. The summed E-state index contributed by atoms with van der Waals surface area (Å²) in [6, 6.07) is 0.120. The van der Waals surface area contributed by atoms with Crippen LogP contribution < -0.4 is 0 Å². The Hall–Kier alpha value is -0.650. The van der Waals surface area contributed by atoms with Crippen molar-refractivity contribution in [1.29, 1.82) is 0 Å². The lowest BCUT2D eigenvalue weighted by Gasteiger charge is -2.39. The van der Waals surface area contributed by atoms with Crippen LogP contribution in [0.3, 0.4) is 0 Å². The quantitative estimate of drug-likeness (QED) is 0.697. The molecule has 0 aromatic carbocycles. The van der Waals surface area contributed by atoms with Crippen LogP contribution in [0.25, 0.3) is 0 Å². The van der Waals surface area contributed by atoms with E-state index in [1.54, 1.807) is 7.11 Å².